The van der Waals surface area contributed by atoms with Crippen molar-refractivity contribution in [2.24, 2.45) is 0 Å². The quantitative estimate of drug-likeness (QED) is 0.628. The number of anilines is 1. The molecule has 2 aromatic rings. The van der Waals surface area contributed by atoms with Gasteiger partial charge in [-0.3, -0.25) is 4.79 Å². The summed E-state index contributed by atoms with van der Waals surface area (Å²) in [6, 6.07) is 6.96. The lowest BCUT2D eigenvalue weighted by Gasteiger charge is -2.31. The minimum atomic E-state index is -0.758. The van der Waals surface area contributed by atoms with Crippen LogP contribution >= 0.6 is 0 Å². The van der Waals surface area contributed by atoms with Gasteiger partial charge in [0.25, 0.3) is 5.88 Å². The molecular weight excluding hydrogens is 390 g/mol. The number of benzene rings is 1. The highest BCUT2D eigenvalue weighted by molar-refractivity contribution is 5.69. The first-order valence-corrected chi connectivity index (χ1v) is 10.6. The summed E-state index contributed by atoms with van der Waals surface area (Å²) in [4.78, 5) is 17.6. The summed E-state index contributed by atoms with van der Waals surface area (Å²) in [7, 11) is 0. The van der Waals surface area contributed by atoms with Gasteiger partial charge in [-0.1, -0.05) is 18.2 Å². The first kappa shape index (κ1) is 20.6. The molecule has 7 heteroatoms. The fraction of sp³-hybridized carbons (Fsp3) is 0.478. The van der Waals surface area contributed by atoms with Crippen molar-refractivity contribution in [2.75, 3.05) is 18.1 Å². The molecule has 160 valence electrons. The molecule has 1 aromatic heterocycles. The van der Waals surface area contributed by atoms with E-state index in [9.17, 15) is 13.6 Å². The molecule has 5 nitrogen and oxygen atoms in total. The fourth-order valence-electron chi connectivity index (χ4n) is 3.81. The molecule has 4 rings (SSSR count). The highest BCUT2D eigenvalue weighted by Crippen LogP contribution is 2.31. The number of aryl methyl sites for hydroxylation is 1. The number of nitrogens with zero attached hydrogens (tertiary/aromatic N) is 2. The number of pyridine rings is 1. The van der Waals surface area contributed by atoms with Gasteiger partial charge in [0.15, 0.2) is 17.5 Å². The van der Waals surface area contributed by atoms with E-state index in [1.807, 2.05) is 17.0 Å². The number of hydrogen-bond donors (Lipinski definition) is 0. The molecule has 1 aliphatic heterocycles. The Balaban J connectivity index is 1.46. The van der Waals surface area contributed by atoms with Crippen molar-refractivity contribution in [2.45, 2.75) is 58.1 Å². The molecule has 0 N–H and O–H groups in total. The number of fused-ring (bicyclic) bond motifs is 1. The maximum absolute atomic E-state index is 14.5. The zero-order valence-corrected chi connectivity index (χ0v) is 17.1. The predicted molar refractivity (Wildman–Crippen MR) is 109 cm³/mol. The van der Waals surface area contributed by atoms with Crippen LogP contribution in [-0.4, -0.2) is 30.2 Å². The number of hydrogen-bond acceptors (Lipinski definition) is 5. The largest absolute Gasteiger partial charge is 0.472 e. The van der Waals surface area contributed by atoms with Gasteiger partial charge in [0.1, 0.15) is 6.10 Å². The molecular formula is C23H26F2N2O3. The van der Waals surface area contributed by atoms with E-state index in [4.69, 9.17) is 9.47 Å². The molecule has 0 unspecified atom stereocenters. The van der Waals surface area contributed by atoms with E-state index in [1.54, 1.807) is 6.92 Å². The number of rotatable bonds is 7. The molecule has 1 aliphatic carbocycles. The monoisotopic (exact) mass is 416 g/mol. The van der Waals surface area contributed by atoms with Gasteiger partial charge < -0.3 is 14.4 Å². The summed E-state index contributed by atoms with van der Waals surface area (Å²) in [6.07, 6.45) is 4.50. The van der Waals surface area contributed by atoms with Crippen LogP contribution in [0.3, 0.4) is 0 Å². The van der Waals surface area contributed by atoms with Crippen molar-refractivity contribution in [3.63, 3.8) is 0 Å². The number of esters is 1. The van der Waals surface area contributed by atoms with Crippen molar-refractivity contribution < 1.29 is 23.0 Å². The second kappa shape index (κ2) is 8.98. The van der Waals surface area contributed by atoms with E-state index in [0.29, 0.717) is 32.5 Å². The van der Waals surface area contributed by atoms with Crippen molar-refractivity contribution in [3.8, 4) is 5.88 Å². The standard InChI is InChI=1S/C23H26F2N2O3/c1-2-29-21(28)9-7-15-6-8-17-14-27(11-10-16(17)12-15)22-19(24)13-20(25)23(26-22)30-18-4-3-5-18/h6,8,12-13,18H,2-5,7,9-11,14H2,1H3. The zero-order valence-electron chi connectivity index (χ0n) is 17.1. The van der Waals surface area contributed by atoms with Crippen LogP contribution in [0.25, 0.3) is 0 Å². The summed E-state index contributed by atoms with van der Waals surface area (Å²) in [5.41, 5.74) is 3.34. The average molecular weight is 416 g/mol. The van der Waals surface area contributed by atoms with Gasteiger partial charge in [-0.15, -0.1) is 0 Å². The van der Waals surface area contributed by atoms with Crippen LogP contribution in [0.15, 0.2) is 24.3 Å². The first-order chi connectivity index (χ1) is 14.5. The van der Waals surface area contributed by atoms with E-state index >= 15 is 0 Å². The Morgan fingerprint density at radius 1 is 1.20 bits per heavy atom. The first-order valence-electron chi connectivity index (χ1n) is 10.6. The van der Waals surface area contributed by atoms with Gasteiger partial charge in [-0.25, -0.2) is 8.78 Å². The topological polar surface area (TPSA) is 51.7 Å². The lowest BCUT2D eigenvalue weighted by Crippen LogP contribution is -2.32. The Kier molecular flexibility index (Phi) is 6.16. The SMILES string of the molecule is CCOC(=O)CCc1ccc2c(c1)CCN(c1nc(OC3CCC3)c(F)cc1F)C2. The fourth-order valence-corrected chi connectivity index (χ4v) is 3.81. The third-order valence-corrected chi connectivity index (χ3v) is 5.71. The Labute approximate surface area is 175 Å². The number of halogens is 2. The second-order valence-electron chi connectivity index (χ2n) is 7.83. The van der Waals surface area contributed by atoms with Crippen LogP contribution in [0, 0.1) is 11.6 Å². The highest BCUT2D eigenvalue weighted by atomic mass is 19.1. The molecule has 2 heterocycles. The molecule has 2 aliphatic rings. The Morgan fingerprint density at radius 3 is 2.77 bits per heavy atom. The van der Waals surface area contributed by atoms with Gasteiger partial charge in [0.05, 0.1) is 6.61 Å². The second-order valence-corrected chi connectivity index (χ2v) is 7.83. The van der Waals surface area contributed by atoms with Crippen molar-refractivity contribution in [1.29, 1.82) is 0 Å². The van der Waals surface area contributed by atoms with Crippen LogP contribution in [0.1, 0.15) is 49.3 Å². The third kappa shape index (κ3) is 4.55. The molecule has 30 heavy (non-hydrogen) atoms. The molecule has 0 atom stereocenters. The Bertz CT molecular complexity index is 931. The van der Waals surface area contributed by atoms with Crippen molar-refractivity contribution >= 4 is 11.8 Å². The van der Waals surface area contributed by atoms with Crippen LogP contribution < -0.4 is 9.64 Å². The van der Waals surface area contributed by atoms with E-state index in [2.05, 4.69) is 11.1 Å². The van der Waals surface area contributed by atoms with Crippen LogP contribution in [-0.2, 0) is 28.9 Å². The number of aromatic nitrogens is 1. The predicted octanol–water partition coefficient (Wildman–Crippen LogP) is 4.35. The lowest BCUT2D eigenvalue weighted by molar-refractivity contribution is -0.143. The number of carbonyl (C=O) groups excluding carboxylic acids is 1. The summed E-state index contributed by atoms with van der Waals surface area (Å²) >= 11 is 0. The lowest BCUT2D eigenvalue weighted by atomic mass is 9.95. The molecule has 1 saturated carbocycles. The summed E-state index contributed by atoms with van der Waals surface area (Å²) in [6.45, 7) is 3.25. The Morgan fingerprint density at radius 2 is 2.03 bits per heavy atom. The van der Waals surface area contributed by atoms with Gasteiger partial charge in [-0.05, 0) is 55.7 Å². The van der Waals surface area contributed by atoms with Gasteiger partial charge in [0.2, 0.25) is 0 Å². The van der Waals surface area contributed by atoms with E-state index < -0.39 is 11.6 Å². The summed E-state index contributed by atoms with van der Waals surface area (Å²) in [5, 5.41) is 0. The zero-order chi connectivity index (χ0) is 21.1. The average Bonchev–Trinajstić information content (AvgIpc) is 2.70. The number of ether oxygens (including phenoxy) is 2. The molecule has 0 bridgehead atoms. The molecule has 0 radical (unpaired) electrons. The molecule has 1 fully saturated rings. The maximum atomic E-state index is 14.5. The van der Waals surface area contributed by atoms with Crippen LogP contribution in [0.2, 0.25) is 0 Å². The molecule has 0 amide bonds. The summed E-state index contributed by atoms with van der Waals surface area (Å²) in [5.74, 6) is -1.62. The minimum absolute atomic E-state index is 0.0274. The summed E-state index contributed by atoms with van der Waals surface area (Å²) < 4.78 is 39.2. The third-order valence-electron chi connectivity index (χ3n) is 5.71. The maximum Gasteiger partial charge on any atom is 0.306 e. The van der Waals surface area contributed by atoms with Gasteiger partial charge >= 0.3 is 5.97 Å². The van der Waals surface area contributed by atoms with E-state index in [0.717, 1.165) is 42.9 Å². The Hall–Kier alpha value is -2.70. The smallest absolute Gasteiger partial charge is 0.306 e. The number of carbonyl (C=O) groups is 1. The van der Waals surface area contributed by atoms with Crippen molar-refractivity contribution in [1.82, 2.24) is 4.98 Å². The van der Waals surface area contributed by atoms with Gasteiger partial charge in [0, 0.05) is 25.6 Å². The normalized spacial score (nSPS) is 16.0. The molecule has 0 saturated heterocycles. The molecule has 1 aromatic carbocycles. The van der Waals surface area contributed by atoms with Crippen LogP contribution in [0.5, 0.6) is 5.88 Å². The van der Waals surface area contributed by atoms with E-state index in [-0.39, 0.29) is 23.8 Å². The van der Waals surface area contributed by atoms with Crippen molar-refractivity contribution in [3.05, 3.63) is 52.6 Å². The van der Waals surface area contributed by atoms with Gasteiger partial charge in [-0.2, -0.15) is 4.98 Å². The van der Waals surface area contributed by atoms with Crippen LogP contribution in [0.4, 0.5) is 14.6 Å². The molecule has 0 spiro atoms. The highest BCUT2D eigenvalue weighted by Gasteiger charge is 2.26. The minimum Gasteiger partial charge on any atom is -0.472 e. The van der Waals surface area contributed by atoms with E-state index in [1.165, 1.54) is 5.56 Å².